The minimum absolute atomic E-state index is 0.0748. The number of unbranched alkanes of at least 4 members (excludes halogenated alkanes) is 2. The zero-order chi connectivity index (χ0) is 16.4. The molecule has 1 rings (SSSR count). The maximum absolute atomic E-state index is 12.1. The molecule has 0 atom stereocenters. The Balaban J connectivity index is 2.51. The average molecular weight is 307 g/mol. The summed E-state index contributed by atoms with van der Waals surface area (Å²) in [6.45, 7) is 4.39. The summed E-state index contributed by atoms with van der Waals surface area (Å²) in [4.78, 5) is 14.2. The second-order valence-electron chi connectivity index (χ2n) is 5.72. The van der Waals surface area contributed by atoms with Gasteiger partial charge in [-0.25, -0.2) is 0 Å². The second kappa shape index (κ2) is 10.1. The van der Waals surface area contributed by atoms with Gasteiger partial charge in [0.25, 0.3) is 5.91 Å². The van der Waals surface area contributed by atoms with Gasteiger partial charge in [-0.2, -0.15) is 0 Å². The number of anilines is 1. The Kier molecular flexibility index (Phi) is 8.36. The van der Waals surface area contributed by atoms with Gasteiger partial charge in [0.2, 0.25) is 0 Å². The molecule has 1 aromatic carbocycles. The Morgan fingerprint density at radius 1 is 1.27 bits per heavy atom. The van der Waals surface area contributed by atoms with Crippen LogP contribution in [0, 0.1) is 0 Å². The number of ether oxygens (including phenoxy) is 1. The molecule has 124 valence electrons. The maximum Gasteiger partial charge on any atom is 0.251 e. The van der Waals surface area contributed by atoms with Crippen LogP contribution in [0.4, 0.5) is 5.69 Å². The van der Waals surface area contributed by atoms with Crippen molar-refractivity contribution in [2.75, 3.05) is 39.5 Å². The summed E-state index contributed by atoms with van der Waals surface area (Å²) >= 11 is 0. The van der Waals surface area contributed by atoms with Crippen LogP contribution >= 0.6 is 0 Å². The lowest BCUT2D eigenvalue weighted by Gasteiger charge is -2.13. The number of nitrogens with zero attached hydrogens (tertiary/aromatic N) is 1. The van der Waals surface area contributed by atoms with E-state index in [4.69, 9.17) is 10.5 Å². The Labute approximate surface area is 133 Å². The first kappa shape index (κ1) is 18.3. The van der Waals surface area contributed by atoms with E-state index in [-0.39, 0.29) is 5.91 Å². The monoisotopic (exact) mass is 307 g/mol. The van der Waals surface area contributed by atoms with Crippen molar-refractivity contribution in [1.29, 1.82) is 0 Å². The lowest BCUT2D eigenvalue weighted by Crippen LogP contribution is -2.24. The van der Waals surface area contributed by atoms with Crippen LogP contribution in [0.15, 0.2) is 18.2 Å². The van der Waals surface area contributed by atoms with Gasteiger partial charge in [0.1, 0.15) is 5.75 Å². The molecule has 0 heterocycles. The van der Waals surface area contributed by atoms with Crippen LogP contribution in [-0.4, -0.2) is 44.6 Å². The van der Waals surface area contributed by atoms with Crippen molar-refractivity contribution >= 4 is 11.6 Å². The van der Waals surface area contributed by atoms with Gasteiger partial charge in [-0.1, -0.05) is 19.8 Å². The molecule has 1 amide bonds. The second-order valence-corrected chi connectivity index (χ2v) is 5.72. The molecule has 22 heavy (non-hydrogen) atoms. The van der Waals surface area contributed by atoms with E-state index < -0.39 is 0 Å². The molecule has 5 nitrogen and oxygen atoms in total. The topological polar surface area (TPSA) is 67.6 Å². The van der Waals surface area contributed by atoms with Crippen molar-refractivity contribution in [3.63, 3.8) is 0 Å². The molecule has 0 saturated heterocycles. The molecule has 0 unspecified atom stereocenters. The highest BCUT2D eigenvalue weighted by Gasteiger charge is 2.09. The number of amides is 1. The number of nitrogens with two attached hydrogens (primary N) is 1. The number of nitrogen functional groups attached to an aromatic ring is 1. The average Bonchev–Trinajstić information content (AvgIpc) is 2.49. The van der Waals surface area contributed by atoms with E-state index in [1.807, 2.05) is 14.1 Å². The van der Waals surface area contributed by atoms with E-state index >= 15 is 0 Å². The van der Waals surface area contributed by atoms with E-state index in [0.29, 0.717) is 30.2 Å². The molecule has 0 radical (unpaired) electrons. The van der Waals surface area contributed by atoms with Crippen LogP contribution in [0.2, 0.25) is 0 Å². The molecular formula is C17H29N3O2. The fourth-order valence-electron chi connectivity index (χ4n) is 2.04. The standard InChI is InChI=1S/C17H29N3O2/c1-4-5-6-10-19-17(21)14-8-9-15(18)16(13-14)22-12-7-11-20(2)3/h8-9,13H,4-7,10-12,18H2,1-3H3,(H,19,21). The number of nitrogens with one attached hydrogen (secondary N) is 1. The third kappa shape index (κ3) is 6.80. The SMILES string of the molecule is CCCCCNC(=O)c1ccc(N)c(OCCCN(C)C)c1. The molecule has 0 aliphatic heterocycles. The predicted molar refractivity (Wildman–Crippen MR) is 91.4 cm³/mol. The van der Waals surface area contributed by atoms with E-state index in [9.17, 15) is 4.79 Å². The Hall–Kier alpha value is -1.75. The zero-order valence-corrected chi connectivity index (χ0v) is 14.0. The summed E-state index contributed by atoms with van der Waals surface area (Å²) in [7, 11) is 4.05. The third-order valence-electron chi connectivity index (χ3n) is 3.35. The number of carbonyl (C=O) groups excluding carboxylic acids is 1. The quantitative estimate of drug-likeness (QED) is 0.515. The first-order valence-electron chi connectivity index (χ1n) is 7.99. The van der Waals surface area contributed by atoms with Gasteiger partial charge in [-0.15, -0.1) is 0 Å². The predicted octanol–water partition coefficient (Wildman–Crippen LogP) is 2.52. The molecule has 3 N–H and O–H groups in total. The van der Waals surface area contributed by atoms with Gasteiger partial charge in [-0.05, 0) is 45.1 Å². The summed E-state index contributed by atoms with van der Waals surface area (Å²) in [5, 5.41) is 2.92. The summed E-state index contributed by atoms with van der Waals surface area (Å²) in [5.74, 6) is 0.509. The molecule has 0 bridgehead atoms. The lowest BCUT2D eigenvalue weighted by atomic mass is 10.1. The molecule has 0 aromatic heterocycles. The van der Waals surface area contributed by atoms with Crippen molar-refractivity contribution in [1.82, 2.24) is 10.2 Å². The van der Waals surface area contributed by atoms with E-state index in [1.54, 1.807) is 18.2 Å². The van der Waals surface area contributed by atoms with Gasteiger partial charge in [0.05, 0.1) is 12.3 Å². The van der Waals surface area contributed by atoms with Gasteiger partial charge < -0.3 is 20.7 Å². The van der Waals surface area contributed by atoms with Crippen molar-refractivity contribution in [2.45, 2.75) is 32.6 Å². The van der Waals surface area contributed by atoms with Crippen molar-refractivity contribution < 1.29 is 9.53 Å². The first-order chi connectivity index (χ1) is 10.5. The zero-order valence-electron chi connectivity index (χ0n) is 14.0. The summed E-state index contributed by atoms with van der Waals surface area (Å²) in [6, 6.07) is 5.18. The fraction of sp³-hybridized carbons (Fsp3) is 0.588. The summed E-state index contributed by atoms with van der Waals surface area (Å²) in [6.07, 6.45) is 4.19. The number of benzene rings is 1. The molecular weight excluding hydrogens is 278 g/mol. The number of hydrogen-bond donors (Lipinski definition) is 2. The molecule has 0 saturated carbocycles. The molecule has 5 heteroatoms. The normalized spacial score (nSPS) is 10.7. The van der Waals surface area contributed by atoms with Crippen LogP contribution in [0.1, 0.15) is 43.0 Å². The summed E-state index contributed by atoms with van der Waals surface area (Å²) in [5.41, 5.74) is 7.06. The van der Waals surface area contributed by atoms with E-state index in [1.165, 1.54) is 0 Å². The minimum atomic E-state index is -0.0748. The number of hydrogen-bond acceptors (Lipinski definition) is 4. The number of carbonyl (C=O) groups is 1. The van der Waals surface area contributed by atoms with Gasteiger partial charge in [-0.3, -0.25) is 4.79 Å². The van der Waals surface area contributed by atoms with Gasteiger partial charge in [0.15, 0.2) is 0 Å². The van der Waals surface area contributed by atoms with Gasteiger partial charge in [0, 0.05) is 18.7 Å². The van der Waals surface area contributed by atoms with Crippen molar-refractivity contribution in [3.05, 3.63) is 23.8 Å². The summed E-state index contributed by atoms with van der Waals surface area (Å²) < 4.78 is 5.69. The Bertz CT molecular complexity index is 461. The first-order valence-corrected chi connectivity index (χ1v) is 7.99. The van der Waals surface area contributed by atoms with Crippen molar-refractivity contribution in [3.8, 4) is 5.75 Å². The third-order valence-corrected chi connectivity index (χ3v) is 3.35. The number of rotatable bonds is 10. The van der Waals surface area contributed by atoms with Gasteiger partial charge >= 0.3 is 0 Å². The van der Waals surface area contributed by atoms with Crippen LogP contribution in [0.3, 0.4) is 0 Å². The molecule has 0 spiro atoms. The van der Waals surface area contributed by atoms with Crippen LogP contribution < -0.4 is 15.8 Å². The molecule has 1 aromatic rings. The van der Waals surface area contributed by atoms with Crippen LogP contribution in [0.5, 0.6) is 5.75 Å². The minimum Gasteiger partial charge on any atom is -0.491 e. The lowest BCUT2D eigenvalue weighted by molar-refractivity contribution is 0.0952. The highest BCUT2D eigenvalue weighted by molar-refractivity contribution is 5.95. The Morgan fingerprint density at radius 3 is 2.73 bits per heavy atom. The fourth-order valence-corrected chi connectivity index (χ4v) is 2.04. The van der Waals surface area contributed by atoms with E-state index in [0.717, 1.165) is 32.2 Å². The molecule has 0 aliphatic rings. The molecule has 0 fully saturated rings. The van der Waals surface area contributed by atoms with Crippen molar-refractivity contribution in [2.24, 2.45) is 0 Å². The largest absolute Gasteiger partial charge is 0.491 e. The van der Waals surface area contributed by atoms with Crippen LogP contribution in [0.25, 0.3) is 0 Å². The van der Waals surface area contributed by atoms with E-state index in [2.05, 4.69) is 17.1 Å². The van der Waals surface area contributed by atoms with Crippen LogP contribution in [-0.2, 0) is 0 Å². The smallest absolute Gasteiger partial charge is 0.251 e. The molecule has 0 aliphatic carbocycles. The maximum atomic E-state index is 12.1. The Morgan fingerprint density at radius 2 is 2.05 bits per heavy atom. The highest BCUT2D eigenvalue weighted by atomic mass is 16.5. The highest BCUT2D eigenvalue weighted by Crippen LogP contribution is 2.23.